The first-order chi connectivity index (χ1) is 61.4. The largest absolute Gasteiger partial charge is 0.512 e. The van der Waals surface area contributed by atoms with Crippen LogP contribution in [-0.4, -0.2) is 60.4 Å². The van der Waals surface area contributed by atoms with E-state index in [9.17, 15) is 9.59 Å². The fraction of sp³-hybridized carbons (Fsp3) is 0.139. The molecule has 0 saturated heterocycles. The Kier molecular flexibility index (Phi) is 33.3. The van der Waals surface area contributed by atoms with Crippen molar-refractivity contribution in [3.05, 3.63) is 406 Å². The van der Waals surface area contributed by atoms with E-state index in [1.54, 1.807) is 48.5 Å². The van der Waals surface area contributed by atoms with Crippen LogP contribution in [0.4, 0.5) is 0 Å². The first-order valence-electron chi connectivity index (χ1n) is 43.6. The number of aliphatic hydroxyl groups excluding tert-OH is 2. The number of para-hydroxylation sites is 3. The van der Waals surface area contributed by atoms with Crippen LogP contribution in [0.2, 0.25) is 0 Å². The van der Waals surface area contributed by atoms with E-state index in [4.69, 9.17) is 37.5 Å². The minimum Gasteiger partial charge on any atom is -0.512 e. The number of imidazole rings is 3. The number of allylic oxidation sites excluding steroid dienone is 4. The smallest absolute Gasteiger partial charge is 0.155 e. The molecule has 0 fully saturated rings. The molecule has 2 N–H and O–H groups in total. The third-order valence-corrected chi connectivity index (χ3v) is 19.1. The van der Waals surface area contributed by atoms with Crippen LogP contribution in [0.3, 0.4) is 0 Å². The molecule has 5 aromatic heterocycles. The van der Waals surface area contributed by atoms with E-state index < -0.39 is 20.6 Å². The number of aryl methyl sites for hydroxylation is 11. The van der Waals surface area contributed by atoms with Gasteiger partial charge >= 0.3 is 0 Å². The Morgan fingerprint density at radius 1 is 0.320 bits per heavy atom. The Labute approximate surface area is 814 Å². The molecule has 5 radical (unpaired) electrons. The van der Waals surface area contributed by atoms with Crippen molar-refractivity contribution in [1.29, 1.82) is 0 Å². The zero-order valence-corrected chi connectivity index (χ0v) is 82.8. The summed E-state index contributed by atoms with van der Waals surface area (Å²) in [6, 6.07) is 111. The molecule has 0 unspecified atom stereocenters. The van der Waals surface area contributed by atoms with Crippen molar-refractivity contribution in [1.82, 2.24) is 38.6 Å². The van der Waals surface area contributed by atoms with Crippen LogP contribution in [0.5, 0.6) is 0 Å². The molecule has 0 saturated carbocycles. The molecule has 0 aliphatic rings. The number of hydrogen-bond acceptors (Lipinski definition) is 9. The molecular weight excluding hydrogens is 2430 g/mol. The monoisotopic (exact) mass is 2540 g/mol. The third-order valence-electron chi connectivity index (χ3n) is 19.1. The molecule has 18 aromatic rings. The van der Waals surface area contributed by atoms with E-state index in [0.29, 0.717) is 33.2 Å². The molecule has 0 bridgehead atoms. The first-order valence-corrected chi connectivity index (χ1v) is 39.1. The molecule has 17 heteroatoms. The molecular formula is C108H97Ir5N8O4-5. The van der Waals surface area contributed by atoms with Crippen molar-refractivity contribution >= 4 is 66.5 Å². The van der Waals surface area contributed by atoms with Crippen molar-refractivity contribution in [2.45, 2.75) is 104 Å². The number of fused-ring (bicyclic) bond motifs is 5. The average molecular weight is 2540 g/mol. The summed E-state index contributed by atoms with van der Waals surface area (Å²) < 4.78 is 74.6. The number of benzene rings is 13. The molecule has 18 rings (SSSR count). The maximum Gasteiger partial charge on any atom is 0.155 e. The SMILES string of the molecule is CC(=O)C=C(C)O.CC(=O)C=C(C)O.Cc1ccc2nc(-c3[c-]cccc3)n(-c3c(C)cccc3C)c2c1.Cc1ccc2nc(-c3[c-]cccc3)n(-c3ccccc3)c2c1.[2H]C([2H])([2H])c1ccc2c(c1)nc(-c1[c-]cccc1)n2-c1c(C)cccc1C.[2H]C([2H])([2H])c1ccc2ccc(-c3[c-]c(C)cc(C)c3)nc2c1.[2H]C([2H])([2H])c1ccc2ccc(-c3[c-]cccc3)nc2c1.[Ir].[Ir].[Ir].[Ir].[Ir]. The maximum absolute atomic E-state index is 10.0. The van der Waals surface area contributed by atoms with Gasteiger partial charge in [-0.2, -0.15) is 0 Å². The number of aromatic nitrogens is 8. The second-order valence-corrected chi connectivity index (χ2v) is 29.2. The number of hydrogen-bond donors (Lipinski definition) is 2. The van der Waals surface area contributed by atoms with Crippen LogP contribution < -0.4 is 0 Å². The summed E-state index contributed by atoms with van der Waals surface area (Å²) in [5.74, 6) is 2.49. The summed E-state index contributed by atoms with van der Waals surface area (Å²) in [6.07, 6.45) is 2.33. The fourth-order valence-corrected chi connectivity index (χ4v) is 13.9. The summed E-state index contributed by atoms with van der Waals surface area (Å²) in [5.41, 5.74) is 27.2. The van der Waals surface area contributed by atoms with E-state index in [2.05, 4.69) is 199 Å². The van der Waals surface area contributed by atoms with Gasteiger partial charge in [0, 0.05) is 142 Å². The molecule has 12 nitrogen and oxygen atoms in total. The number of pyridine rings is 2. The van der Waals surface area contributed by atoms with Gasteiger partial charge in [0.05, 0.1) is 73.1 Å². The number of carbonyl (C=O) groups excluding carboxylic acids is 2. The van der Waals surface area contributed by atoms with Gasteiger partial charge < -0.3 is 23.9 Å². The van der Waals surface area contributed by atoms with Crippen LogP contribution in [0.15, 0.2) is 315 Å². The van der Waals surface area contributed by atoms with Crippen LogP contribution >= 0.6 is 0 Å². The summed E-state index contributed by atoms with van der Waals surface area (Å²) >= 11 is 0. The van der Waals surface area contributed by atoms with Crippen LogP contribution in [0.25, 0.3) is 129 Å². The number of aliphatic hydroxyl groups is 2. The van der Waals surface area contributed by atoms with E-state index >= 15 is 0 Å². The van der Waals surface area contributed by atoms with Crippen molar-refractivity contribution in [2.75, 3.05) is 0 Å². The summed E-state index contributed by atoms with van der Waals surface area (Å²) in [7, 11) is 0. The van der Waals surface area contributed by atoms with Gasteiger partial charge in [0.2, 0.25) is 0 Å². The zero-order valence-electron chi connectivity index (χ0n) is 79.8. The maximum atomic E-state index is 10.0. The van der Waals surface area contributed by atoms with Gasteiger partial charge in [0.25, 0.3) is 0 Å². The van der Waals surface area contributed by atoms with Crippen molar-refractivity contribution < 1.29 is 133 Å². The van der Waals surface area contributed by atoms with Gasteiger partial charge in [0.1, 0.15) is 0 Å². The summed E-state index contributed by atoms with van der Waals surface area (Å²) in [4.78, 5) is 43.7. The van der Waals surface area contributed by atoms with Crippen LogP contribution in [-0.2, 0) is 110 Å². The average Bonchev–Trinajstić information content (AvgIpc) is 1.60. The van der Waals surface area contributed by atoms with E-state index in [0.717, 1.165) is 129 Å². The number of nitrogens with zero attached hydrogens (tertiary/aromatic N) is 8. The second kappa shape index (κ2) is 47.7. The standard InChI is InChI=1S/2C22H19N2.C20H15N2.C18H16N.C16H12N.2C5H8O2.5Ir/c1-15-12-13-20-19(14-15)23-22(18-10-5-4-6-11-18)24(20)21-16(2)8-7-9-17(21)3;1-15-12-13-19-20(14-15)24(21-16(2)8-7-9-17(21)3)22(23-19)18-10-5-4-6-11-18;1-15-12-13-18-19(14-15)22(17-10-6-3-7-11-17)20(21-18)16-8-4-2-5-9-16;1-12-4-5-15-6-7-17(19-18(15)11-12)16-9-13(2)8-14(3)10-16;1-12-7-8-14-9-10-15(17-16(14)11-12)13-5-3-2-4-6-13;2*1-4(6)3-5(2)7;;;;;/h2*4-10,12-14H,1-3H3;2-8,10-14H,1H3;4-9,11H,1-3H3;2-5,7-11H,1H3;2*3,6H,1-2H3;;;;;/q5*-1;;;;;;;/i1D3;;;2*1D3;;;;;;;. The molecule has 125 heavy (non-hydrogen) atoms. The van der Waals surface area contributed by atoms with Gasteiger partial charge in [-0.05, 0) is 223 Å². The second-order valence-electron chi connectivity index (χ2n) is 29.2. The van der Waals surface area contributed by atoms with Gasteiger partial charge in [-0.25, -0.2) is 0 Å². The normalized spacial score (nSPS) is 12.0. The van der Waals surface area contributed by atoms with Gasteiger partial charge in [-0.15, -0.1) is 178 Å². The number of carbonyl (C=O) groups is 2. The Morgan fingerprint density at radius 3 is 1.07 bits per heavy atom. The summed E-state index contributed by atoms with van der Waals surface area (Å²) in [5, 5.41) is 18.6. The minimum absolute atomic E-state index is 0. The Balaban J connectivity index is 0.000000219. The molecule has 643 valence electrons. The van der Waals surface area contributed by atoms with Crippen molar-refractivity contribution in [3.63, 3.8) is 0 Å². The zero-order chi connectivity index (χ0) is 92.6. The predicted molar refractivity (Wildman–Crippen MR) is 494 cm³/mol. The van der Waals surface area contributed by atoms with E-state index in [1.807, 2.05) is 153 Å². The van der Waals surface area contributed by atoms with Gasteiger partial charge in [-0.1, -0.05) is 135 Å². The molecule has 13 aromatic carbocycles. The molecule has 0 amide bonds. The van der Waals surface area contributed by atoms with Gasteiger partial charge in [0.15, 0.2) is 11.6 Å². The quantitative estimate of drug-likeness (QED) is 0.0774. The van der Waals surface area contributed by atoms with Crippen molar-refractivity contribution in [2.24, 2.45) is 0 Å². The Bertz CT molecular complexity index is 7020. The summed E-state index contributed by atoms with van der Waals surface area (Å²) in [6.45, 7) is 16.0. The minimum atomic E-state index is -2.16. The topological polar surface area (TPSA) is 154 Å². The number of ketones is 2. The van der Waals surface area contributed by atoms with Crippen molar-refractivity contribution in [3.8, 4) is 73.7 Å². The molecule has 0 atom stereocenters. The fourth-order valence-electron chi connectivity index (χ4n) is 13.9. The Morgan fingerprint density at radius 2 is 0.680 bits per heavy atom. The first kappa shape index (κ1) is 87.2. The third kappa shape index (κ3) is 26.7. The van der Waals surface area contributed by atoms with Crippen LogP contribution in [0, 0.1) is 106 Å². The van der Waals surface area contributed by atoms with Gasteiger partial charge in [-0.3, -0.25) is 34.5 Å². The molecule has 0 aliphatic carbocycles. The Hall–Kier alpha value is -11.2. The predicted octanol–water partition coefficient (Wildman–Crippen LogP) is 26.3. The molecule has 0 spiro atoms. The van der Waals surface area contributed by atoms with E-state index in [1.165, 1.54) is 67.8 Å². The van der Waals surface area contributed by atoms with Crippen LogP contribution in [0.1, 0.15) is 101 Å². The molecule has 0 aliphatic heterocycles. The van der Waals surface area contributed by atoms with E-state index in [-0.39, 0.29) is 124 Å². The molecule has 5 heterocycles. The number of rotatable bonds is 10.